The van der Waals surface area contributed by atoms with Crippen LogP contribution in [-0.2, 0) is 0 Å². The highest BCUT2D eigenvalue weighted by atomic mass is 35.5. The van der Waals surface area contributed by atoms with E-state index in [9.17, 15) is 9.18 Å². The van der Waals surface area contributed by atoms with Crippen molar-refractivity contribution in [3.8, 4) is 0 Å². The molecule has 0 bridgehead atoms. The molecule has 2 rings (SSSR count). The Morgan fingerprint density at radius 3 is 2.79 bits per heavy atom. The van der Waals surface area contributed by atoms with E-state index in [4.69, 9.17) is 16.7 Å². The second kappa shape index (κ2) is 5.24. The summed E-state index contributed by atoms with van der Waals surface area (Å²) in [5, 5.41) is 11.8. The maximum atomic E-state index is 13.1. The van der Waals surface area contributed by atoms with Gasteiger partial charge in [-0.15, -0.1) is 0 Å². The molecule has 0 atom stereocenters. The zero-order valence-corrected chi connectivity index (χ0v) is 10.7. The number of rotatable bonds is 3. The maximum Gasteiger partial charge on any atom is 0.356 e. The number of halogens is 2. The number of carboxylic acid groups (broad SMARTS) is 1. The predicted octanol–water partition coefficient (Wildman–Crippen LogP) is 3.62. The Hall–Kier alpha value is -2.14. The Balaban J connectivity index is 2.36. The van der Waals surface area contributed by atoms with E-state index in [0.29, 0.717) is 5.69 Å². The quantitative estimate of drug-likeness (QED) is 0.901. The summed E-state index contributed by atoms with van der Waals surface area (Å²) in [7, 11) is 0. The van der Waals surface area contributed by atoms with Crippen LogP contribution in [0.1, 0.15) is 16.1 Å². The molecule has 0 saturated heterocycles. The topological polar surface area (TPSA) is 62.2 Å². The first kappa shape index (κ1) is 13.3. The number of aryl methyl sites for hydroxylation is 1. The van der Waals surface area contributed by atoms with Gasteiger partial charge in [-0.25, -0.2) is 14.2 Å². The highest BCUT2D eigenvalue weighted by molar-refractivity contribution is 6.33. The van der Waals surface area contributed by atoms with E-state index in [1.165, 1.54) is 24.3 Å². The number of aromatic carboxylic acids is 1. The lowest BCUT2D eigenvalue weighted by Crippen LogP contribution is -2.04. The van der Waals surface area contributed by atoms with Crippen LogP contribution in [0.5, 0.6) is 0 Å². The molecule has 0 aliphatic heterocycles. The second-order valence-corrected chi connectivity index (χ2v) is 4.32. The van der Waals surface area contributed by atoms with Crippen molar-refractivity contribution >= 4 is 29.1 Å². The number of hydrogen-bond donors (Lipinski definition) is 2. The van der Waals surface area contributed by atoms with Crippen molar-refractivity contribution in [2.45, 2.75) is 6.92 Å². The fourth-order valence-electron chi connectivity index (χ4n) is 1.53. The molecule has 0 aliphatic rings. The number of carboxylic acids is 1. The molecule has 1 aromatic heterocycles. The highest BCUT2D eigenvalue weighted by Crippen LogP contribution is 2.22. The van der Waals surface area contributed by atoms with Crippen molar-refractivity contribution in [3.63, 3.8) is 0 Å². The van der Waals surface area contributed by atoms with Crippen molar-refractivity contribution in [2.24, 2.45) is 0 Å². The van der Waals surface area contributed by atoms with Gasteiger partial charge in [0.15, 0.2) is 5.69 Å². The van der Waals surface area contributed by atoms with Crippen LogP contribution in [0.4, 0.5) is 15.9 Å². The summed E-state index contributed by atoms with van der Waals surface area (Å²) >= 11 is 5.72. The Bertz CT molecular complexity index is 647. The van der Waals surface area contributed by atoms with E-state index in [1.54, 1.807) is 13.0 Å². The van der Waals surface area contributed by atoms with E-state index in [2.05, 4.69) is 10.3 Å². The zero-order valence-electron chi connectivity index (χ0n) is 9.95. The molecule has 0 unspecified atom stereocenters. The van der Waals surface area contributed by atoms with E-state index in [1.807, 2.05) is 0 Å². The van der Waals surface area contributed by atoms with Crippen molar-refractivity contribution in [3.05, 3.63) is 52.4 Å². The molecule has 0 amide bonds. The minimum absolute atomic E-state index is 0.0500. The van der Waals surface area contributed by atoms with Crippen molar-refractivity contribution in [1.82, 2.24) is 4.98 Å². The van der Waals surface area contributed by atoms with Crippen LogP contribution >= 0.6 is 11.6 Å². The SMILES string of the molecule is Cc1ccc(F)cc1Nc1ccc(Cl)c(C(=O)O)n1. The third kappa shape index (κ3) is 3.00. The van der Waals surface area contributed by atoms with Crippen LogP contribution < -0.4 is 5.32 Å². The van der Waals surface area contributed by atoms with Gasteiger partial charge in [0.05, 0.1) is 5.02 Å². The molecular formula is C13H10ClFN2O2. The van der Waals surface area contributed by atoms with Gasteiger partial charge in [0.2, 0.25) is 0 Å². The fourth-order valence-corrected chi connectivity index (χ4v) is 1.71. The summed E-state index contributed by atoms with van der Waals surface area (Å²) in [5.41, 5.74) is 1.09. The third-order valence-electron chi connectivity index (χ3n) is 2.51. The number of anilines is 2. The summed E-state index contributed by atoms with van der Waals surface area (Å²) < 4.78 is 13.1. The van der Waals surface area contributed by atoms with E-state index in [0.717, 1.165) is 5.56 Å². The lowest BCUT2D eigenvalue weighted by atomic mass is 10.2. The van der Waals surface area contributed by atoms with Gasteiger partial charge in [-0.2, -0.15) is 0 Å². The third-order valence-corrected chi connectivity index (χ3v) is 2.82. The summed E-state index contributed by atoms with van der Waals surface area (Å²) in [6, 6.07) is 7.23. The summed E-state index contributed by atoms with van der Waals surface area (Å²) in [4.78, 5) is 14.8. The van der Waals surface area contributed by atoms with Crippen LogP contribution in [0, 0.1) is 12.7 Å². The molecule has 0 radical (unpaired) electrons. The maximum absolute atomic E-state index is 13.1. The molecule has 4 nitrogen and oxygen atoms in total. The largest absolute Gasteiger partial charge is 0.476 e. The first-order chi connectivity index (χ1) is 8.97. The zero-order chi connectivity index (χ0) is 14.0. The fraction of sp³-hybridized carbons (Fsp3) is 0.0769. The monoisotopic (exact) mass is 280 g/mol. The molecule has 0 spiro atoms. The van der Waals surface area contributed by atoms with Crippen molar-refractivity contribution < 1.29 is 14.3 Å². The van der Waals surface area contributed by atoms with Gasteiger partial charge in [-0.1, -0.05) is 17.7 Å². The minimum Gasteiger partial charge on any atom is -0.476 e. The summed E-state index contributed by atoms with van der Waals surface area (Å²) in [6.07, 6.45) is 0. The normalized spacial score (nSPS) is 10.3. The number of benzene rings is 1. The molecule has 19 heavy (non-hydrogen) atoms. The number of hydrogen-bond acceptors (Lipinski definition) is 3. The van der Waals surface area contributed by atoms with E-state index < -0.39 is 5.97 Å². The van der Waals surface area contributed by atoms with E-state index in [-0.39, 0.29) is 22.4 Å². The first-order valence-electron chi connectivity index (χ1n) is 5.40. The van der Waals surface area contributed by atoms with Gasteiger partial charge in [0, 0.05) is 5.69 Å². The highest BCUT2D eigenvalue weighted by Gasteiger charge is 2.12. The van der Waals surface area contributed by atoms with Gasteiger partial charge in [0.25, 0.3) is 0 Å². The molecule has 6 heteroatoms. The lowest BCUT2D eigenvalue weighted by Gasteiger charge is -2.09. The number of carbonyl (C=O) groups is 1. The molecule has 0 saturated carbocycles. The van der Waals surface area contributed by atoms with Crippen molar-refractivity contribution in [2.75, 3.05) is 5.32 Å². The van der Waals surface area contributed by atoms with Gasteiger partial charge in [-0.3, -0.25) is 0 Å². The average Bonchev–Trinajstić information content (AvgIpc) is 2.36. The molecule has 0 fully saturated rings. The molecule has 1 aromatic carbocycles. The summed E-state index contributed by atoms with van der Waals surface area (Å²) in [6.45, 7) is 1.80. The molecule has 2 N–H and O–H groups in total. The number of pyridine rings is 1. The van der Waals surface area contributed by atoms with Gasteiger partial charge >= 0.3 is 5.97 Å². The molecule has 98 valence electrons. The van der Waals surface area contributed by atoms with Gasteiger partial charge in [0.1, 0.15) is 11.6 Å². The van der Waals surface area contributed by atoms with Crippen molar-refractivity contribution in [1.29, 1.82) is 0 Å². The molecular weight excluding hydrogens is 271 g/mol. The minimum atomic E-state index is -1.22. The Labute approximate surface area is 113 Å². The molecule has 0 aliphatic carbocycles. The predicted molar refractivity (Wildman–Crippen MR) is 70.6 cm³/mol. The Kier molecular flexibility index (Phi) is 3.66. The van der Waals surface area contributed by atoms with E-state index >= 15 is 0 Å². The van der Waals surface area contributed by atoms with Gasteiger partial charge in [-0.05, 0) is 36.8 Å². The smallest absolute Gasteiger partial charge is 0.356 e. The summed E-state index contributed by atoms with van der Waals surface area (Å²) in [5.74, 6) is -1.32. The Morgan fingerprint density at radius 1 is 1.37 bits per heavy atom. The number of aromatic nitrogens is 1. The Morgan fingerprint density at radius 2 is 2.11 bits per heavy atom. The van der Waals surface area contributed by atoms with Crippen LogP contribution in [0.15, 0.2) is 30.3 Å². The standard InChI is InChI=1S/C13H10ClFN2O2/c1-7-2-3-8(15)6-10(7)16-11-5-4-9(14)12(17-11)13(18)19/h2-6H,1H3,(H,16,17)(H,18,19). The van der Waals surface area contributed by atoms with Gasteiger partial charge < -0.3 is 10.4 Å². The number of nitrogens with one attached hydrogen (secondary N) is 1. The first-order valence-corrected chi connectivity index (χ1v) is 5.78. The van der Waals surface area contributed by atoms with Crippen LogP contribution in [-0.4, -0.2) is 16.1 Å². The second-order valence-electron chi connectivity index (χ2n) is 3.92. The van der Waals surface area contributed by atoms with Crippen LogP contribution in [0.25, 0.3) is 0 Å². The van der Waals surface area contributed by atoms with Crippen LogP contribution in [0.2, 0.25) is 5.02 Å². The average molecular weight is 281 g/mol. The molecule has 2 aromatic rings. The van der Waals surface area contributed by atoms with Crippen LogP contribution in [0.3, 0.4) is 0 Å². The lowest BCUT2D eigenvalue weighted by molar-refractivity contribution is 0.0691. The molecule has 1 heterocycles. The number of nitrogens with zero attached hydrogens (tertiary/aromatic N) is 1.